The Bertz CT molecular complexity index is 1280. The fraction of sp³-hybridized carbons (Fsp3) is 0.891. The maximum atomic E-state index is 13.1. The summed E-state index contributed by atoms with van der Waals surface area (Å²) in [5.74, 6) is -3.72. The first-order chi connectivity index (χ1) is 29.6. The molecule has 0 saturated carbocycles. The summed E-state index contributed by atoms with van der Waals surface area (Å²) in [7, 11) is 0. The van der Waals surface area contributed by atoms with E-state index in [2.05, 4.69) is 20.4 Å². The van der Waals surface area contributed by atoms with E-state index in [1.807, 2.05) is 32.2 Å². The van der Waals surface area contributed by atoms with E-state index in [-0.39, 0.29) is 31.5 Å². The molecule has 0 aliphatic carbocycles. The minimum Gasteiger partial charge on any atom is -0.471 e. The lowest BCUT2D eigenvalue weighted by molar-refractivity contribution is -0.371. The summed E-state index contributed by atoms with van der Waals surface area (Å²) >= 11 is 0. The van der Waals surface area contributed by atoms with Crippen molar-refractivity contribution in [1.82, 2.24) is 5.32 Å². The molecule has 62 heavy (non-hydrogen) atoms. The van der Waals surface area contributed by atoms with Gasteiger partial charge in [-0.3, -0.25) is 4.79 Å². The monoisotopic (exact) mass is 895 g/mol. The van der Waals surface area contributed by atoms with E-state index < -0.39 is 66.6 Å². The van der Waals surface area contributed by atoms with Crippen LogP contribution in [-0.4, -0.2) is 118 Å². The molecule has 0 bridgehead atoms. The number of halogens is 3. The van der Waals surface area contributed by atoms with E-state index in [9.17, 15) is 18.0 Å². The Morgan fingerprint density at radius 3 is 1.65 bits per heavy atom. The van der Waals surface area contributed by atoms with Gasteiger partial charge in [-0.1, -0.05) is 116 Å². The molecule has 4 aliphatic heterocycles. The summed E-state index contributed by atoms with van der Waals surface area (Å²) in [5, 5.41) is 2.01. The van der Waals surface area contributed by atoms with Crippen molar-refractivity contribution >= 4 is 5.91 Å². The summed E-state index contributed by atoms with van der Waals surface area (Å²) in [6.07, 6.45) is 14.0. The second-order valence-corrected chi connectivity index (χ2v) is 17.6. The van der Waals surface area contributed by atoms with Gasteiger partial charge >= 0.3 is 12.1 Å². The predicted molar refractivity (Wildman–Crippen MR) is 230 cm³/mol. The van der Waals surface area contributed by atoms with Crippen LogP contribution in [0.1, 0.15) is 151 Å². The first-order valence-corrected chi connectivity index (χ1v) is 23.4. The number of carbonyl (C=O) groups excluding carboxylic acids is 1. The minimum atomic E-state index is -5.06. The van der Waals surface area contributed by atoms with Crippen molar-refractivity contribution < 1.29 is 65.3 Å². The Labute approximate surface area is 369 Å². The molecule has 4 aliphatic rings. The molecule has 4 rings (SSSR count). The van der Waals surface area contributed by atoms with Crippen LogP contribution < -0.4 is 11.1 Å². The van der Waals surface area contributed by atoms with Crippen LogP contribution in [0.15, 0.2) is 25.0 Å². The van der Waals surface area contributed by atoms with Gasteiger partial charge < -0.3 is 58.4 Å². The molecular weight excluding hydrogens is 814 g/mol. The van der Waals surface area contributed by atoms with E-state index in [1.165, 1.54) is 76.7 Å². The van der Waals surface area contributed by atoms with Gasteiger partial charge in [-0.25, -0.2) is 0 Å². The maximum absolute atomic E-state index is 13.1. The van der Waals surface area contributed by atoms with E-state index in [4.69, 9.17) is 53.1 Å². The fourth-order valence-electron chi connectivity index (χ4n) is 7.96. The van der Waals surface area contributed by atoms with Gasteiger partial charge in [0.2, 0.25) is 6.29 Å². The number of allylic oxidation sites excluding steroid dienone is 1. The van der Waals surface area contributed by atoms with Crippen molar-refractivity contribution in [2.45, 2.75) is 230 Å². The highest BCUT2D eigenvalue weighted by Crippen LogP contribution is 2.36. The Hall–Kier alpha value is -1.86. The number of alkyl halides is 3. The highest BCUT2D eigenvalue weighted by molar-refractivity contribution is 5.82. The number of hydrogen-bond donors (Lipinski definition) is 2. The van der Waals surface area contributed by atoms with Crippen molar-refractivity contribution in [3.8, 4) is 0 Å². The normalized spacial score (nSPS) is 30.4. The van der Waals surface area contributed by atoms with Gasteiger partial charge in [0, 0.05) is 13.2 Å². The van der Waals surface area contributed by atoms with Crippen LogP contribution in [0.2, 0.25) is 0 Å². The van der Waals surface area contributed by atoms with Crippen molar-refractivity contribution in [2.75, 3.05) is 33.0 Å². The number of ether oxygens (including phenoxy) is 10. The number of unbranched alkanes of at least 4 members (excludes halogenated alkanes) is 14. The van der Waals surface area contributed by atoms with Crippen LogP contribution in [0.5, 0.6) is 0 Å². The zero-order valence-corrected chi connectivity index (χ0v) is 38.8. The van der Waals surface area contributed by atoms with Crippen LogP contribution in [0.4, 0.5) is 13.2 Å². The molecule has 10 atom stereocenters. The van der Waals surface area contributed by atoms with Gasteiger partial charge in [0.15, 0.2) is 17.9 Å². The summed E-state index contributed by atoms with van der Waals surface area (Å²) in [6.45, 7) is 18.7. The standard InChI is InChI=1S/C24H40F3NO6.C22H41NO5/c1-5-7-8-9-10-11-12-13-15-30-20-18(28-22(29)24(25,26)27)21(31-14-6-2)33-17-16-32-23(3,4)34-19(17)20;1-5-7-8-9-10-11-12-13-15-24-20-18(23)21(25-14-6-2)27-17-16-26-22(3,4)28-19(17)20/h6,17-21H,2,5,7-16H2,1,3-4H3,(H,28,29);6,14,17-21H,5,7-13,15-16,23H2,1-4H3/b;14-6-/t2*17-,18-,19-,20-,21+/m11/s1. The number of nitrogens with two attached hydrogens (primary N) is 1. The van der Waals surface area contributed by atoms with E-state index in [0.29, 0.717) is 19.8 Å². The summed E-state index contributed by atoms with van der Waals surface area (Å²) in [6, 6.07) is -1.64. The molecule has 3 N–H and O–H groups in total. The van der Waals surface area contributed by atoms with Gasteiger partial charge in [0.1, 0.15) is 42.7 Å². The highest BCUT2D eigenvalue weighted by atomic mass is 19.4. The van der Waals surface area contributed by atoms with Crippen molar-refractivity contribution in [1.29, 1.82) is 0 Å². The van der Waals surface area contributed by atoms with Crippen LogP contribution in [0, 0.1) is 0 Å². The van der Waals surface area contributed by atoms with Gasteiger partial charge in [0.25, 0.3) is 0 Å². The molecule has 16 heteroatoms. The molecule has 13 nitrogen and oxygen atoms in total. The molecular formula is C46H81F3N2O11. The largest absolute Gasteiger partial charge is 0.471 e. The van der Waals surface area contributed by atoms with E-state index in [1.54, 1.807) is 20.1 Å². The number of fused-ring (bicyclic) bond motifs is 2. The minimum absolute atomic E-state index is 0.0262. The summed E-state index contributed by atoms with van der Waals surface area (Å²) in [5.41, 5.74) is 6.44. The second kappa shape index (κ2) is 28.2. The van der Waals surface area contributed by atoms with Crippen LogP contribution in [-0.2, 0) is 52.2 Å². The molecule has 362 valence electrons. The average Bonchev–Trinajstić information content (AvgIpc) is 3.22. The van der Waals surface area contributed by atoms with Gasteiger partial charge in [0.05, 0.1) is 32.1 Å². The summed E-state index contributed by atoms with van der Waals surface area (Å²) in [4.78, 5) is 11.8. The zero-order chi connectivity index (χ0) is 45.6. The zero-order valence-electron chi connectivity index (χ0n) is 38.8. The van der Waals surface area contributed by atoms with Crippen molar-refractivity contribution in [3.05, 3.63) is 25.0 Å². The molecule has 1 amide bonds. The van der Waals surface area contributed by atoms with Crippen molar-refractivity contribution in [2.24, 2.45) is 5.73 Å². The number of carbonyl (C=O) groups is 1. The van der Waals surface area contributed by atoms with Crippen LogP contribution >= 0.6 is 0 Å². The topological polar surface area (TPSA) is 147 Å². The molecule has 4 fully saturated rings. The number of nitrogens with one attached hydrogen (secondary N) is 1. The van der Waals surface area contributed by atoms with Gasteiger partial charge in [-0.2, -0.15) is 13.2 Å². The number of hydrogen-bond acceptors (Lipinski definition) is 12. The van der Waals surface area contributed by atoms with Crippen LogP contribution in [0.3, 0.4) is 0 Å². The van der Waals surface area contributed by atoms with Crippen LogP contribution in [0.25, 0.3) is 0 Å². The van der Waals surface area contributed by atoms with Gasteiger partial charge in [-0.05, 0) is 47.5 Å². The van der Waals surface area contributed by atoms with Gasteiger partial charge in [-0.15, -0.1) is 6.58 Å². The average molecular weight is 895 g/mol. The Morgan fingerprint density at radius 1 is 0.726 bits per heavy atom. The lowest BCUT2D eigenvalue weighted by Crippen LogP contribution is -2.69. The number of amides is 1. The Kier molecular flexibility index (Phi) is 24.8. The molecule has 0 radical (unpaired) electrons. The first-order valence-electron chi connectivity index (χ1n) is 23.4. The van der Waals surface area contributed by atoms with Crippen molar-refractivity contribution in [3.63, 3.8) is 0 Å². The molecule has 0 aromatic carbocycles. The quantitative estimate of drug-likeness (QED) is 0.0486. The van der Waals surface area contributed by atoms with E-state index >= 15 is 0 Å². The maximum Gasteiger partial charge on any atom is 0.471 e. The molecule has 0 aromatic rings. The smallest absolute Gasteiger partial charge is 0.471 e. The lowest BCUT2D eigenvalue weighted by atomic mass is 9.94. The number of rotatable bonds is 26. The Balaban J connectivity index is 0.000000336. The lowest BCUT2D eigenvalue weighted by Gasteiger charge is -2.51. The predicted octanol–water partition coefficient (Wildman–Crippen LogP) is 8.90. The molecule has 0 unspecified atom stereocenters. The fourth-order valence-corrected chi connectivity index (χ4v) is 7.96. The third-order valence-electron chi connectivity index (χ3n) is 11.3. The third-order valence-corrected chi connectivity index (χ3v) is 11.3. The SMILES string of the molecule is C/C=C\O[C@H]1O[C@@H]2COC(C)(C)O[C@H]2[C@H](OCCCCCCCCCC)[C@H]1N.C=CCO[C@H]1O[C@@H]2COC(C)(C)O[C@H]2[C@H](OCCCCCCCCCC)[C@H]1NC(=O)C(F)(F)F. The summed E-state index contributed by atoms with van der Waals surface area (Å²) < 4.78 is 98.1. The molecule has 0 spiro atoms. The third kappa shape index (κ3) is 18.9. The molecule has 4 heterocycles. The second-order valence-electron chi connectivity index (χ2n) is 17.6. The Morgan fingerprint density at radius 2 is 1.18 bits per heavy atom. The first kappa shape index (κ1) is 54.5. The molecule has 4 saturated heterocycles. The van der Waals surface area contributed by atoms with E-state index in [0.717, 1.165) is 32.1 Å². The molecule has 0 aromatic heterocycles. The highest BCUT2D eigenvalue weighted by Gasteiger charge is 2.55.